The quantitative estimate of drug-likeness (QED) is 0.703. The molecule has 178 valence electrons. The van der Waals surface area contributed by atoms with E-state index >= 15 is 0 Å². The fourth-order valence-corrected chi connectivity index (χ4v) is 6.28. The number of likely N-dealkylation sites (N-methyl/N-ethyl adjacent to an activating group) is 1. The number of amides is 1. The van der Waals surface area contributed by atoms with Gasteiger partial charge in [0, 0.05) is 45.0 Å². The van der Waals surface area contributed by atoms with Crippen LogP contribution in [-0.2, 0) is 14.8 Å². The van der Waals surface area contributed by atoms with Gasteiger partial charge in [-0.15, -0.1) is 0 Å². The largest absolute Gasteiger partial charge is 0.324 e. The summed E-state index contributed by atoms with van der Waals surface area (Å²) in [6, 6.07) is 16.0. The molecule has 7 nitrogen and oxygen atoms in total. The summed E-state index contributed by atoms with van der Waals surface area (Å²) in [4.78, 5) is 18.1. The van der Waals surface area contributed by atoms with Crippen molar-refractivity contribution < 1.29 is 13.2 Å². The van der Waals surface area contributed by atoms with Crippen LogP contribution in [0.1, 0.15) is 31.4 Å². The first-order valence-electron chi connectivity index (χ1n) is 11.7. The Morgan fingerprint density at radius 1 is 0.970 bits per heavy atom. The Kier molecular flexibility index (Phi) is 7.48. The zero-order valence-corrected chi connectivity index (χ0v) is 20.3. The molecule has 2 aliphatic rings. The number of nitrogens with zero attached hydrogens (tertiary/aromatic N) is 3. The Bertz CT molecular complexity index is 1040. The average Bonchev–Trinajstić information content (AvgIpc) is 2.81. The van der Waals surface area contributed by atoms with E-state index in [0.29, 0.717) is 24.7 Å². The van der Waals surface area contributed by atoms with Crippen LogP contribution in [0.4, 0.5) is 5.69 Å². The monoisotopic (exact) mass is 470 g/mol. The maximum Gasteiger partial charge on any atom is 0.246 e. The molecular formula is C25H34N4O3S. The highest BCUT2D eigenvalue weighted by Gasteiger charge is 2.31. The van der Waals surface area contributed by atoms with Gasteiger partial charge in [0.2, 0.25) is 15.9 Å². The van der Waals surface area contributed by atoms with Gasteiger partial charge in [-0.05, 0) is 55.6 Å². The van der Waals surface area contributed by atoms with Gasteiger partial charge in [-0.25, -0.2) is 8.42 Å². The number of hydrogen-bond acceptors (Lipinski definition) is 5. The molecule has 2 fully saturated rings. The minimum Gasteiger partial charge on any atom is -0.324 e. The number of piperazine rings is 1. The Balaban J connectivity index is 1.49. The number of anilines is 1. The van der Waals surface area contributed by atoms with Gasteiger partial charge in [-0.1, -0.05) is 37.3 Å². The molecule has 0 saturated carbocycles. The summed E-state index contributed by atoms with van der Waals surface area (Å²) in [7, 11) is -1.42. The van der Waals surface area contributed by atoms with E-state index in [4.69, 9.17) is 0 Å². The van der Waals surface area contributed by atoms with Crippen LogP contribution in [0, 0.1) is 5.92 Å². The molecular weight excluding hydrogens is 436 g/mol. The Morgan fingerprint density at radius 3 is 2.27 bits per heavy atom. The zero-order valence-electron chi connectivity index (χ0n) is 19.5. The second-order valence-electron chi connectivity index (χ2n) is 9.28. The van der Waals surface area contributed by atoms with Crippen LogP contribution in [0.15, 0.2) is 59.5 Å². The number of rotatable bonds is 6. The maximum atomic E-state index is 13.4. The lowest BCUT2D eigenvalue weighted by atomic mass is 10.0. The Labute approximate surface area is 197 Å². The first-order valence-corrected chi connectivity index (χ1v) is 13.2. The summed E-state index contributed by atoms with van der Waals surface area (Å²) in [5.41, 5.74) is 1.55. The smallest absolute Gasteiger partial charge is 0.246 e. The molecule has 2 unspecified atom stereocenters. The number of carbonyl (C=O) groups excluding carboxylic acids is 1. The van der Waals surface area contributed by atoms with Crippen LogP contribution in [0.3, 0.4) is 0 Å². The number of hydrogen-bond donors (Lipinski definition) is 1. The summed E-state index contributed by atoms with van der Waals surface area (Å²) >= 11 is 0. The normalized spacial score (nSPS) is 22.1. The molecule has 8 heteroatoms. The van der Waals surface area contributed by atoms with E-state index in [-0.39, 0.29) is 10.8 Å². The Morgan fingerprint density at radius 2 is 1.64 bits per heavy atom. The third-order valence-corrected chi connectivity index (χ3v) is 8.53. The number of benzene rings is 2. The molecule has 0 radical (unpaired) electrons. The van der Waals surface area contributed by atoms with E-state index in [9.17, 15) is 13.2 Å². The fourth-order valence-electron chi connectivity index (χ4n) is 4.68. The van der Waals surface area contributed by atoms with Crippen LogP contribution in [0.2, 0.25) is 0 Å². The lowest BCUT2D eigenvalue weighted by Crippen LogP contribution is -2.48. The Hall–Kier alpha value is -2.26. The van der Waals surface area contributed by atoms with Crippen LogP contribution in [0.25, 0.3) is 0 Å². The lowest BCUT2D eigenvalue weighted by Gasteiger charge is -2.37. The average molecular weight is 471 g/mol. The summed E-state index contributed by atoms with van der Waals surface area (Å²) in [6.07, 6.45) is 1.95. The molecule has 2 aromatic rings. The highest BCUT2D eigenvalue weighted by molar-refractivity contribution is 7.89. The lowest BCUT2D eigenvalue weighted by molar-refractivity contribution is -0.122. The predicted octanol–water partition coefficient (Wildman–Crippen LogP) is 3.03. The van der Waals surface area contributed by atoms with E-state index in [1.54, 1.807) is 28.6 Å². The van der Waals surface area contributed by atoms with E-state index in [1.807, 2.05) is 30.3 Å². The zero-order chi connectivity index (χ0) is 23.4. The van der Waals surface area contributed by atoms with Crippen molar-refractivity contribution in [3.05, 3.63) is 60.2 Å². The van der Waals surface area contributed by atoms with Crippen molar-refractivity contribution in [1.29, 1.82) is 0 Å². The number of sulfonamides is 1. The fraction of sp³-hybridized carbons (Fsp3) is 0.480. The third kappa shape index (κ3) is 5.63. The van der Waals surface area contributed by atoms with Gasteiger partial charge in [0.1, 0.15) is 6.04 Å². The van der Waals surface area contributed by atoms with Gasteiger partial charge in [0.05, 0.1) is 4.90 Å². The molecule has 1 N–H and O–H groups in total. The highest BCUT2D eigenvalue weighted by Crippen LogP contribution is 2.26. The first kappa shape index (κ1) is 23.9. The second-order valence-corrected chi connectivity index (χ2v) is 11.2. The molecule has 33 heavy (non-hydrogen) atoms. The maximum absolute atomic E-state index is 13.4. The van der Waals surface area contributed by atoms with Gasteiger partial charge < -0.3 is 10.2 Å². The number of carbonyl (C=O) groups is 1. The van der Waals surface area contributed by atoms with Crippen molar-refractivity contribution in [2.75, 3.05) is 51.6 Å². The summed E-state index contributed by atoms with van der Waals surface area (Å²) < 4.78 is 27.6. The van der Waals surface area contributed by atoms with Crippen LogP contribution >= 0.6 is 0 Å². The molecule has 0 aliphatic carbocycles. The summed E-state index contributed by atoms with van der Waals surface area (Å²) in [6.45, 7) is 6.67. The summed E-state index contributed by atoms with van der Waals surface area (Å²) in [5.74, 6) is 0.266. The SMILES string of the molecule is CC1CCCN(S(=O)(=O)c2ccc(NC(=O)C(c3ccccc3)N3CCN(C)CC3)cc2)C1. The van der Waals surface area contributed by atoms with Gasteiger partial charge in [0.25, 0.3) is 0 Å². The molecule has 1 amide bonds. The van der Waals surface area contributed by atoms with Crippen molar-refractivity contribution in [3.63, 3.8) is 0 Å². The molecule has 2 aliphatic heterocycles. The van der Waals surface area contributed by atoms with Crippen LogP contribution < -0.4 is 5.32 Å². The minimum atomic E-state index is -3.51. The molecule has 0 bridgehead atoms. The van der Waals surface area contributed by atoms with Crippen molar-refractivity contribution in [2.24, 2.45) is 5.92 Å². The molecule has 4 rings (SSSR count). The van der Waals surface area contributed by atoms with Crippen LogP contribution in [-0.4, -0.2) is 74.7 Å². The van der Waals surface area contributed by atoms with Crippen molar-refractivity contribution in [1.82, 2.24) is 14.1 Å². The molecule has 2 atom stereocenters. The van der Waals surface area contributed by atoms with Crippen molar-refractivity contribution >= 4 is 21.6 Å². The van der Waals surface area contributed by atoms with Crippen molar-refractivity contribution in [2.45, 2.75) is 30.7 Å². The topological polar surface area (TPSA) is 73.0 Å². The first-order chi connectivity index (χ1) is 15.8. The van der Waals surface area contributed by atoms with Gasteiger partial charge in [0.15, 0.2) is 0 Å². The van der Waals surface area contributed by atoms with Crippen molar-refractivity contribution in [3.8, 4) is 0 Å². The van der Waals surface area contributed by atoms with Crippen LogP contribution in [0.5, 0.6) is 0 Å². The van der Waals surface area contributed by atoms with E-state index < -0.39 is 16.1 Å². The molecule has 2 aromatic carbocycles. The predicted molar refractivity (Wildman–Crippen MR) is 130 cm³/mol. The summed E-state index contributed by atoms with van der Waals surface area (Å²) in [5, 5.41) is 3.01. The second kappa shape index (κ2) is 10.3. The number of piperidine rings is 1. The van der Waals surface area contributed by atoms with E-state index in [0.717, 1.165) is 44.6 Å². The molecule has 0 spiro atoms. The van der Waals surface area contributed by atoms with E-state index in [1.165, 1.54) is 0 Å². The number of nitrogens with one attached hydrogen (secondary N) is 1. The molecule has 0 aromatic heterocycles. The van der Waals surface area contributed by atoms with Gasteiger partial charge in [-0.3, -0.25) is 9.69 Å². The third-order valence-electron chi connectivity index (χ3n) is 6.65. The highest BCUT2D eigenvalue weighted by atomic mass is 32.2. The van der Waals surface area contributed by atoms with Gasteiger partial charge >= 0.3 is 0 Å². The standard InChI is InChI=1S/C25H34N4O3S/c1-20-7-6-14-29(19-20)33(31,32)23-12-10-22(11-13-23)26-25(30)24(21-8-4-3-5-9-21)28-17-15-27(2)16-18-28/h3-5,8-13,20,24H,6-7,14-19H2,1-2H3,(H,26,30). The van der Waals surface area contributed by atoms with Gasteiger partial charge in [-0.2, -0.15) is 4.31 Å². The molecule has 2 heterocycles. The molecule has 2 saturated heterocycles. The van der Waals surface area contributed by atoms with E-state index in [2.05, 4.69) is 29.1 Å². The minimum absolute atomic E-state index is 0.105.